The fourth-order valence-electron chi connectivity index (χ4n) is 3.66. The molecule has 0 atom stereocenters. The lowest BCUT2D eigenvalue weighted by Gasteiger charge is -2.28. The van der Waals surface area contributed by atoms with Crippen molar-refractivity contribution < 1.29 is 9.53 Å². The maximum Gasteiger partial charge on any atom is 0.338 e. The minimum absolute atomic E-state index is 0.00578. The van der Waals surface area contributed by atoms with Crippen molar-refractivity contribution in [3.8, 4) is 6.07 Å². The van der Waals surface area contributed by atoms with E-state index in [9.17, 15) is 4.79 Å². The van der Waals surface area contributed by atoms with Crippen molar-refractivity contribution in [1.29, 1.82) is 5.26 Å². The maximum atomic E-state index is 12.3. The molecule has 0 saturated heterocycles. The topological polar surface area (TPSA) is 50.1 Å². The van der Waals surface area contributed by atoms with E-state index in [1.807, 2.05) is 0 Å². The standard InChI is InChI=1S/C23H25NO2/c1-2-3-17-4-8-19(9-5-17)20-12-14-22(15-13-20)26-23(25)21-10-6-18(16-24)7-11-21/h4-11,20,22H,2-3,12-15H2,1H3. The molecular formula is C23H25NO2. The first kappa shape index (κ1) is 18.2. The molecule has 1 aliphatic rings. The molecule has 0 aliphatic heterocycles. The predicted octanol–water partition coefficient (Wildman–Crippen LogP) is 5.39. The van der Waals surface area contributed by atoms with E-state index in [-0.39, 0.29) is 12.1 Å². The van der Waals surface area contributed by atoms with E-state index in [1.165, 1.54) is 17.5 Å². The average molecular weight is 347 g/mol. The lowest BCUT2D eigenvalue weighted by Crippen LogP contribution is -2.24. The molecule has 1 fully saturated rings. The van der Waals surface area contributed by atoms with Gasteiger partial charge in [0, 0.05) is 0 Å². The van der Waals surface area contributed by atoms with Crippen molar-refractivity contribution in [1.82, 2.24) is 0 Å². The van der Waals surface area contributed by atoms with Crippen molar-refractivity contribution in [3.63, 3.8) is 0 Å². The molecule has 0 bridgehead atoms. The van der Waals surface area contributed by atoms with Crippen molar-refractivity contribution in [2.24, 2.45) is 0 Å². The fraction of sp³-hybridized carbons (Fsp3) is 0.391. The molecule has 26 heavy (non-hydrogen) atoms. The van der Waals surface area contributed by atoms with Gasteiger partial charge in [-0.15, -0.1) is 0 Å². The Morgan fingerprint density at radius 3 is 2.27 bits per heavy atom. The highest BCUT2D eigenvalue weighted by atomic mass is 16.5. The van der Waals surface area contributed by atoms with Crippen LogP contribution in [0.25, 0.3) is 0 Å². The van der Waals surface area contributed by atoms with Crippen molar-refractivity contribution >= 4 is 5.97 Å². The molecule has 134 valence electrons. The smallest absolute Gasteiger partial charge is 0.338 e. The summed E-state index contributed by atoms with van der Waals surface area (Å²) in [7, 11) is 0. The second-order valence-electron chi connectivity index (χ2n) is 7.06. The van der Waals surface area contributed by atoms with Gasteiger partial charge in [0.2, 0.25) is 0 Å². The van der Waals surface area contributed by atoms with E-state index in [0.717, 1.165) is 32.1 Å². The zero-order chi connectivity index (χ0) is 18.4. The van der Waals surface area contributed by atoms with Crippen LogP contribution in [0.3, 0.4) is 0 Å². The Morgan fingerprint density at radius 2 is 1.69 bits per heavy atom. The van der Waals surface area contributed by atoms with Gasteiger partial charge < -0.3 is 4.74 Å². The van der Waals surface area contributed by atoms with Gasteiger partial charge in [0.05, 0.1) is 17.2 Å². The lowest BCUT2D eigenvalue weighted by molar-refractivity contribution is 0.0195. The molecule has 0 N–H and O–H groups in total. The van der Waals surface area contributed by atoms with Gasteiger partial charge in [-0.3, -0.25) is 0 Å². The zero-order valence-electron chi connectivity index (χ0n) is 15.3. The fourth-order valence-corrected chi connectivity index (χ4v) is 3.66. The monoisotopic (exact) mass is 347 g/mol. The van der Waals surface area contributed by atoms with Gasteiger partial charge in [0.1, 0.15) is 6.10 Å². The van der Waals surface area contributed by atoms with E-state index in [1.54, 1.807) is 24.3 Å². The van der Waals surface area contributed by atoms with E-state index < -0.39 is 0 Å². The Labute approximate surface area is 155 Å². The lowest BCUT2D eigenvalue weighted by atomic mass is 9.82. The van der Waals surface area contributed by atoms with Crippen LogP contribution in [0.5, 0.6) is 0 Å². The summed E-state index contributed by atoms with van der Waals surface area (Å²) in [6.45, 7) is 2.20. The molecule has 0 amide bonds. The molecular weight excluding hydrogens is 322 g/mol. The second kappa shape index (κ2) is 8.67. The van der Waals surface area contributed by atoms with E-state index in [0.29, 0.717) is 17.0 Å². The number of hydrogen-bond acceptors (Lipinski definition) is 3. The Kier molecular flexibility index (Phi) is 6.07. The van der Waals surface area contributed by atoms with Crippen LogP contribution in [0.4, 0.5) is 0 Å². The molecule has 3 nitrogen and oxygen atoms in total. The maximum absolute atomic E-state index is 12.3. The van der Waals surface area contributed by atoms with Gasteiger partial charge in [0.25, 0.3) is 0 Å². The second-order valence-corrected chi connectivity index (χ2v) is 7.06. The third-order valence-electron chi connectivity index (χ3n) is 5.19. The third kappa shape index (κ3) is 4.52. The van der Waals surface area contributed by atoms with Gasteiger partial charge in [-0.1, -0.05) is 37.6 Å². The summed E-state index contributed by atoms with van der Waals surface area (Å²) in [5.74, 6) is 0.275. The number of ether oxygens (including phenoxy) is 1. The molecule has 0 spiro atoms. The molecule has 3 heteroatoms. The summed E-state index contributed by atoms with van der Waals surface area (Å²) in [5.41, 5.74) is 3.87. The predicted molar refractivity (Wildman–Crippen MR) is 102 cm³/mol. The Balaban J connectivity index is 1.51. The van der Waals surface area contributed by atoms with E-state index in [4.69, 9.17) is 10.00 Å². The molecule has 3 rings (SSSR count). The van der Waals surface area contributed by atoms with Crippen LogP contribution >= 0.6 is 0 Å². The number of carbonyl (C=O) groups excluding carboxylic acids is 1. The minimum atomic E-state index is -0.290. The summed E-state index contributed by atoms with van der Waals surface area (Å²) < 4.78 is 5.66. The highest BCUT2D eigenvalue weighted by molar-refractivity contribution is 5.89. The third-order valence-corrected chi connectivity index (χ3v) is 5.19. The van der Waals surface area contributed by atoms with Crippen LogP contribution < -0.4 is 0 Å². The average Bonchev–Trinajstić information content (AvgIpc) is 2.69. The summed E-state index contributed by atoms with van der Waals surface area (Å²) >= 11 is 0. The highest BCUT2D eigenvalue weighted by Crippen LogP contribution is 2.34. The SMILES string of the molecule is CCCc1ccc(C2CCC(OC(=O)c3ccc(C#N)cc3)CC2)cc1. The number of esters is 1. The molecule has 2 aromatic carbocycles. The largest absolute Gasteiger partial charge is 0.459 e. The number of hydrogen-bond donors (Lipinski definition) is 0. The first-order valence-electron chi connectivity index (χ1n) is 9.49. The molecule has 0 aromatic heterocycles. The van der Waals surface area contributed by atoms with Crippen LogP contribution in [0.2, 0.25) is 0 Å². The normalized spacial score (nSPS) is 19.5. The summed E-state index contributed by atoms with van der Waals surface area (Å²) in [5, 5.41) is 8.82. The zero-order valence-corrected chi connectivity index (χ0v) is 15.3. The Morgan fingerprint density at radius 1 is 1.04 bits per heavy atom. The van der Waals surface area contributed by atoms with Crippen LogP contribution in [0.1, 0.15) is 72.0 Å². The minimum Gasteiger partial charge on any atom is -0.459 e. The number of aryl methyl sites for hydroxylation is 1. The van der Waals surface area contributed by atoms with Gasteiger partial charge in [0.15, 0.2) is 0 Å². The van der Waals surface area contributed by atoms with Crippen LogP contribution in [-0.4, -0.2) is 12.1 Å². The number of rotatable bonds is 5. The summed E-state index contributed by atoms with van der Waals surface area (Å²) in [6.07, 6.45) is 6.23. The number of benzene rings is 2. The van der Waals surface area contributed by atoms with Crippen molar-refractivity contribution in [2.75, 3.05) is 0 Å². The van der Waals surface area contributed by atoms with Gasteiger partial charge in [-0.25, -0.2) is 4.79 Å². The Hall–Kier alpha value is -2.60. The van der Waals surface area contributed by atoms with Crippen LogP contribution in [0.15, 0.2) is 48.5 Å². The molecule has 2 aromatic rings. The Bertz CT molecular complexity index is 763. The number of nitrogens with zero attached hydrogens (tertiary/aromatic N) is 1. The molecule has 1 aliphatic carbocycles. The summed E-state index contributed by atoms with van der Waals surface area (Å²) in [4.78, 5) is 12.3. The number of nitriles is 1. The number of carbonyl (C=O) groups is 1. The molecule has 1 saturated carbocycles. The quantitative estimate of drug-likeness (QED) is 0.681. The van der Waals surface area contributed by atoms with Gasteiger partial charge >= 0.3 is 5.97 Å². The first-order valence-corrected chi connectivity index (χ1v) is 9.49. The van der Waals surface area contributed by atoms with Crippen LogP contribution in [-0.2, 0) is 11.2 Å². The molecule has 0 radical (unpaired) electrons. The first-order chi connectivity index (χ1) is 12.7. The highest BCUT2D eigenvalue weighted by Gasteiger charge is 2.25. The van der Waals surface area contributed by atoms with Crippen molar-refractivity contribution in [3.05, 3.63) is 70.8 Å². The molecule has 0 heterocycles. The van der Waals surface area contributed by atoms with Gasteiger partial charge in [-0.05, 0) is 73.4 Å². The van der Waals surface area contributed by atoms with E-state index >= 15 is 0 Å². The van der Waals surface area contributed by atoms with Crippen molar-refractivity contribution in [2.45, 2.75) is 57.5 Å². The van der Waals surface area contributed by atoms with E-state index in [2.05, 4.69) is 37.3 Å². The summed E-state index contributed by atoms with van der Waals surface area (Å²) in [6, 6.07) is 17.7. The van der Waals surface area contributed by atoms with Gasteiger partial charge in [-0.2, -0.15) is 5.26 Å². The molecule has 0 unspecified atom stereocenters. The van der Waals surface area contributed by atoms with Crippen LogP contribution in [0, 0.1) is 11.3 Å².